The summed E-state index contributed by atoms with van der Waals surface area (Å²) in [5.74, 6) is 0.942. The Morgan fingerprint density at radius 3 is 2.38 bits per heavy atom. The summed E-state index contributed by atoms with van der Waals surface area (Å²) in [4.78, 5) is 12.0. The molecule has 2 aliphatic rings. The maximum Gasteiger partial charge on any atom is 0.335 e. The Kier molecular flexibility index (Phi) is 13.3. The minimum Gasteiger partial charge on any atom is -0.494 e. The van der Waals surface area contributed by atoms with Gasteiger partial charge in [-0.2, -0.15) is 0 Å². The molecule has 0 amide bonds. The number of nitrogens with zero attached hydrogens (tertiary/aromatic N) is 4. The molecule has 13 heteroatoms. The summed E-state index contributed by atoms with van der Waals surface area (Å²) in [5.41, 5.74) is 3.22. The van der Waals surface area contributed by atoms with Crippen molar-refractivity contribution in [2.45, 2.75) is 38.9 Å². The highest BCUT2D eigenvalue weighted by Crippen LogP contribution is 2.52. The average Bonchev–Trinajstić information content (AvgIpc) is 3.05. The topological polar surface area (TPSA) is 115 Å². The lowest BCUT2D eigenvalue weighted by Gasteiger charge is -2.42. The van der Waals surface area contributed by atoms with Crippen LogP contribution in [-0.4, -0.2) is 95.0 Å². The number of benzene rings is 2. The fraction of sp³-hybridized carbons (Fsp3) is 0.500. The summed E-state index contributed by atoms with van der Waals surface area (Å²) in [6.07, 6.45) is 4.91. The summed E-state index contributed by atoms with van der Waals surface area (Å²) in [5, 5.41) is 14.2. The molecule has 11 nitrogen and oxygen atoms in total. The van der Waals surface area contributed by atoms with Gasteiger partial charge in [-0.1, -0.05) is 29.8 Å². The first-order valence-corrected chi connectivity index (χ1v) is 17.7. The van der Waals surface area contributed by atoms with Gasteiger partial charge in [-0.25, -0.2) is 4.99 Å². The van der Waals surface area contributed by atoms with Crippen molar-refractivity contribution in [1.29, 1.82) is 5.41 Å². The maximum absolute atomic E-state index is 13.2. The van der Waals surface area contributed by atoms with Crippen LogP contribution in [0.5, 0.6) is 5.75 Å². The number of hydrogen-bond donors (Lipinski definition) is 3. The Balaban J connectivity index is 1.41. The quantitative estimate of drug-likeness (QED) is 0.115. The van der Waals surface area contributed by atoms with Crippen molar-refractivity contribution in [1.82, 2.24) is 9.80 Å². The molecule has 0 unspecified atom stereocenters. The number of nitrogens with one attached hydrogen (secondary N) is 3. The van der Waals surface area contributed by atoms with Gasteiger partial charge in [0, 0.05) is 69.0 Å². The van der Waals surface area contributed by atoms with Crippen molar-refractivity contribution in [3.05, 3.63) is 58.9 Å². The Bertz CT molecular complexity index is 1370. The molecule has 0 spiro atoms. The van der Waals surface area contributed by atoms with Gasteiger partial charge in [0.05, 0.1) is 38.5 Å². The van der Waals surface area contributed by atoms with Crippen LogP contribution in [0, 0.1) is 5.41 Å². The lowest BCUT2D eigenvalue weighted by atomic mass is 10.0. The third kappa shape index (κ3) is 9.78. The van der Waals surface area contributed by atoms with E-state index >= 15 is 0 Å². The minimum absolute atomic E-state index is 0.0758. The predicted octanol–water partition coefficient (Wildman–Crippen LogP) is 6.29. The number of halogens is 1. The summed E-state index contributed by atoms with van der Waals surface area (Å²) >= 11 is 6.37. The van der Waals surface area contributed by atoms with Crippen LogP contribution in [0.25, 0.3) is 0 Å². The molecule has 0 bridgehead atoms. The van der Waals surface area contributed by atoms with Crippen LogP contribution in [-0.2, 0) is 19.8 Å². The number of ether oxygens (including phenoxy) is 1. The molecule has 3 N–H and O–H groups in total. The van der Waals surface area contributed by atoms with E-state index in [2.05, 4.69) is 49.5 Å². The fourth-order valence-electron chi connectivity index (χ4n) is 5.70. The van der Waals surface area contributed by atoms with Gasteiger partial charge in [0.1, 0.15) is 10.8 Å². The van der Waals surface area contributed by atoms with Gasteiger partial charge in [-0.15, -0.1) is 0 Å². The van der Waals surface area contributed by atoms with E-state index < -0.39 is 7.60 Å². The first-order valence-electron chi connectivity index (χ1n) is 15.6. The summed E-state index contributed by atoms with van der Waals surface area (Å²) in [7, 11) is 0.508. The largest absolute Gasteiger partial charge is 0.494 e. The minimum atomic E-state index is -3.34. The second kappa shape index (κ2) is 17.1. The molecule has 2 aromatic rings. The summed E-state index contributed by atoms with van der Waals surface area (Å²) < 4.78 is 29.9. The van der Waals surface area contributed by atoms with E-state index in [1.54, 1.807) is 21.0 Å². The molecule has 0 aliphatic carbocycles. The number of likely N-dealkylation sites (N-methyl/N-ethyl adjacent to an activating group) is 1. The zero-order valence-corrected chi connectivity index (χ0v) is 28.4. The van der Waals surface area contributed by atoms with Crippen LogP contribution >= 0.6 is 19.2 Å². The van der Waals surface area contributed by atoms with Crippen LogP contribution in [0.2, 0.25) is 0 Å². The molecule has 45 heavy (non-hydrogen) atoms. The molecule has 0 radical (unpaired) electrons. The summed E-state index contributed by atoms with van der Waals surface area (Å²) in [6.45, 7) is 10.7. The van der Waals surface area contributed by atoms with E-state index in [-0.39, 0.29) is 30.2 Å². The third-order valence-electron chi connectivity index (χ3n) is 8.12. The van der Waals surface area contributed by atoms with Crippen molar-refractivity contribution in [2.24, 2.45) is 4.99 Å². The van der Waals surface area contributed by atoms with E-state index in [1.807, 2.05) is 30.3 Å². The van der Waals surface area contributed by atoms with Crippen LogP contribution in [0.3, 0.4) is 0 Å². The van der Waals surface area contributed by atoms with Crippen LogP contribution in [0.4, 0.5) is 17.1 Å². The van der Waals surface area contributed by atoms with E-state index in [9.17, 15) is 4.57 Å². The fourth-order valence-corrected chi connectivity index (χ4v) is 7.53. The van der Waals surface area contributed by atoms with Crippen LogP contribution < -0.4 is 20.3 Å². The highest BCUT2D eigenvalue weighted by atomic mass is 35.5. The maximum atomic E-state index is 13.2. The van der Waals surface area contributed by atoms with E-state index in [4.69, 9.17) is 30.8 Å². The van der Waals surface area contributed by atoms with Gasteiger partial charge >= 0.3 is 7.60 Å². The van der Waals surface area contributed by atoms with Gasteiger partial charge < -0.3 is 39.6 Å². The van der Waals surface area contributed by atoms with Crippen LogP contribution in [0.1, 0.15) is 32.3 Å². The number of rotatable bonds is 15. The Morgan fingerprint density at radius 2 is 1.73 bits per heavy atom. The molecule has 2 aromatic carbocycles. The normalized spacial score (nSPS) is 17.8. The SMILES string of the molecule is CCOP(=O)(Cc1ccccc1NC(/N=C/Nc1ccc(N2CCC(N3CCN(C)CC3)CC2)cc1OC)=C(\Cl)C=N)OCC. The van der Waals surface area contributed by atoms with E-state index in [1.165, 1.54) is 6.34 Å². The highest BCUT2D eigenvalue weighted by Gasteiger charge is 2.28. The summed E-state index contributed by atoms with van der Waals surface area (Å²) in [6, 6.07) is 14.1. The molecule has 2 aliphatic heterocycles. The number of aliphatic imine (C=N–C) groups is 1. The van der Waals surface area contributed by atoms with Crippen molar-refractivity contribution in [3.63, 3.8) is 0 Å². The predicted molar refractivity (Wildman–Crippen MR) is 186 cm³/mol. The van der Waals surface area contributed by atoms with Gasteiger partial charge in [0.15, 0.2) is 5.82 Å². The Hall–Kier alpha value is -2.92. The molecule has 0 saturated carbocycles. The van der Waals surface area contributed by atoms with Gasteiger partial charge in [0.2, 0.25) is 0 Å². The molecule has 2 heterocycles. The van der Waals surface area contributed by atoms with Gasteiger partial charge in [-0.3, -0.25) is 9.46 Å². The molecule has 4 rings (SSSR count). The second-order valence-corrected chi connectivity index (χ2v) is 13.5. The lowest BCUT2D eigenvalue weighted by molar-refractivity contribution is 0.0982. The van der Waals surface area contributed by atoms with Crippen molar-refractivity contribution in [3.8, 4) is 5.75 Å². The molecule has 0 aromatic heterocycles. The number of para-hydroxylation sites is 1. The monoisotopic (exact) mass is 659 g/mol. The Morgan fingerprint density at radius 1 is 1.04 bits per heavy atom. The molecule has 2 fully saturated rings. The number of anilines is 3. The van der Waals surface area contributed by atoms with E-state index in [0.717, 1.165) is 69.7 Å². The number of hydrogen-bond acceptors (Lipinski definition) is 10. The first kappa shape index (κ1) is 34.9. The third-order valence-corrected chi connectivity index (χ3v) is 10.4. The van der Waals surface area contributed by atoms with Crippen molar-refractivity contribution in [2.75, 3.05) is 82.2 Å². The van der Waals surface area contributed by atoms with Crippen molar-refractivity contribution >= 4 is 48.8 Å². The number of allylic oxidation sites excluding steroid dienone is 1. The zero-order chi connectivity index (χ0) is 32.2. The molecule has 2 saturated heterocycles. The Labute approximate surface area is 272 Å². The number of methoxy groups -OCH3 is 1. The van der Waals surface area contributed by atoms with Crippen LogP contribution in [0.15, 0.2) is 58.3 Å². The smallest absolute Gasteiger partial charge is 0.335 e. The number of piperidine rings is 1. The zero-order valence-electron chi connectivity index (χ0n) is 26.8. The number of piperazine rings is 1. The molecule has 246 valence electrons. The van der Waals surface area contributed by atoms with Gasteiger partial charge in [0.25, 0.3) is 0 Å². The van der Waals surface area contributed by atoms with E-state index in [0.29, 0.717) is 23.0 Å². The second-order valence-electron chi connectivity index (χ2n) is 11.1. The molecular weight excluding hydrogens is 613 g/mol. The standard InChI is InChI=1S/C32H47ClN7O4P/c1-5-43-45(41,44-6-2)23-25-9-7-8-10-29(25)37-32(28(33)22-34)36-24-35-30-12-11-27(21-31(30)42-4)39-15-13-26(14-16-39)40-19-17-38(3)18-20-40/h7-12,21-22,24,26,34,37H,5-6,13-20,23H2,1-4H3,(H,35,36)/b32-28-,34-22?. The average molecular weight is 660 g/mol. The highest BCUT2D eigenvalue weighted by molar-refractivity contribution is 7.53. The lowest BCUT2D eigenvalue weighted by Crippen LogP contribution is -2.52. The van der Waals surface area contributed by atoms with Crippen molar-refractivity contribution < 1.29 is 18.3 Å². The first-order chi connectivity index (χ1) is 21.8. The molecule has 0 atom stereocenters. The molecular formula is C32H47ClN7O4P. The van der Waals surface area contributed by atoms with Gasteiger partial charge in [-0.05, 0) is 57.5 Å².